The summed E-state index contributed by atoms with van der Waals surface area (Å²) < 4.78 is 6.61. The van der Waals surface area contributed by atoms with Crippen molar-refractivity contribution >= 4 is 0 Å². The Hall–Kier alpha value is -0.960. The highest BCUT2D eigenvalue weighted by molar-refractivity contribution is 5.40. The van der Waals surface area contributed by atoms with E-state index in [9.17, 15) is 4.91 Å². The zero-order chi connectivity index (χ0) is 18.0. The van der Waals surface area contributed by atoms with Gasteiger partial charge in [-0.05, 0) is 92.8 Å². The number of rotatable bonds is 2. The van der Waals surface area contributed by atoms with Crippen molar-refractivity contribution in [2.45, 2.75) is 69.9 Å². The predicted octanol–water partition coefficient (Wildman–Crippen LogP) is 5.27. The molecule has 7 aliphatic rings. The number of allylic oxidation sites excluding steroid dienone is 1. The van der Waals surface area contributed by atoms with Crippen molar-refractivity contribution in [2.24, 2.45) is 52.0 Å². The second-order valence-electron chi connectivity index (χ2n) is 10.8. The van der Waals surface area contributed by atoms with Gasteiger partial charge in [0.25, 0.3) is 0 Å². The molecule has 10 atom stereocenters. The summed E-state index contributed by atoms with van der Waals surface area (Å²) in [5, 5.41) is 3.43. The molecule has 1 aliphatic heterocycles. The summed E-state index contributed by atoms with van der Waals surface area (Å²) in [5.74, 6) is 6.08. The molecule has 144 valence electrons. The third kappa shape index (κ3) is 1.68. The molecule has 0 amide bonds. The van der Waals surface area contributed by atoms with E-state index in [0.29, 0.717) is 5.41 Å². The van der Waals surface area contributed by atoms with Crippen LogP contribution in [0.4, 0.5) is 0 Å². The molecule has 0 aromatic carbocycles. The minimum absolute atomic E-state index is 0.0689. The van der Waals surface area contributed by atoms with Crippen molar-refractivity contribution in [3.05, 3.63) is 28.2 Å². The van der Waals surface area contributed by atoms with Crippen LogP contribution in [0.15, 0.2) is 28.5 Å². The highest BCUT2D eigenvalue weighted by atomic mass is 16.5. The minimum atomic E-state index is 0.0689. The quantitative estimate of drug-likeness (QED) is 0.494. The van der Waals surface area contributed by atoms with E-state index in [-0.39, 0.29) is 11.6 Å². The Labute approximate surface area is 162 Å². The van der Waals surface area contributed by atoms with Crippen molar-refractivity contribution in [2.75, 3.05) is 6.61 Å². The maximum absolute atomic E-state index is 11.2. The fraction of sp³-hybridized carbons (Fsp3) is 0.833. The van der Waals surface area contributed by atoms with Gasteiger partial charge >= 0.3 is 0 Å². The summed E-state index contributed by atoms with van der Waals surface area (Å²) in [4.78, 5) is 11.2. The lowest BCUT2D eigenvalue weighted by atomic mass is 9.49. The van der Waals surface area contributed by atoms with Crippen LogP contribution in [0.3, 0.4) is 0 Å². The Morgan fingerprint density at radius 1 is 1.19 bits per heavy atom. The number of hydrogen-bond acceptors (Lipinski definition) is 3. The summed E-state index contributed by atoms with van der Waals surface area (Å²) in [6.07, 6.45) is 14.8. The van der Waals surface area contributed by atoms with Gasteiger partial charge in [0.05, 0.1) is 18.2 Å². The molecule has 3 heteroatoms. The molecule has 3 nitrogen and oxygen atoms in total. The van der Waals surface area contributed by atoms with Gasteiger partial charge in [-0.2, -0.15) is 4.91 Å². The van der Waals surface area contributed by atoms with E-state index in [2.05, 4.69) is 24.3 Å². The Kier molecular flexibility index (Phi) is 2.92. The molecule has 1 heterocycles. The van der Waals surface area contributed by atoms with Crippen molar-refractivity contribution < 1.29 is 4.74 Å². The third-order valence-electron chi connectivity index (χ3n) is 10.5. The van der Waals surface area contributed by atoms with Crippen LogP contribution in [-0.2, 0) is 4.74 Å². The second-order valence-corrected chi connectivity index (χ2v) is 10.8. The highest BCUT2D eigenvalue weighted by Gasteiger charge is 2.78. The summed E-state index contributed by atoms with van der Waals surface area (Å²) in [5.41, 5.74) is 4.00. The predicted molar refractivity (Wildman–Crippen MR) is 104 cm³/mol. The molecule has 0 aromatic heterocycles. The smallest absolute Gasteiger partial charge is 0.0959 e. The number of ether oxygens (including phenoxy) is 1. The molecular formula is C24H31NO2. The summed E-state index contributed by atoms with van der Waals surface area (Å²) in [6, 6.07) is 0.0689. The van der Waals surface area contributed by atoms with E-state index in [1.807, 2.05) is 5.57 Å². The lowest BCUT2D eigenvalue weighted by molar-refractivity contribution is -0.136. The monoisotopic (exact) mass is 365 g/mol. The van der Waals surface area contributed by atoms with Gasteiger partial charge in [-0.1, -0.05) is 35.4 Å². The van der Waals surface area contributed by atoms with Crippen LogP contribution >= 0.6 is 0 Å². The molecule has 0 radical (unpaired) electrons. The largest absolute Gasteiger partial charge is 0.366 e. The van der Waals surface area contributed by atoms with E-state index in [4.69, 9.17) is 4.74 Å². The van der Waals surface area contributed by atoms with Crippen LogP contribution < -0.4 is 0 Å². The van der Waals surface area contributed by atoms with Crippen LogP contribution in [0.2, 0.25) is 0 Å². The molecule has 0 aromatic rings. The Morgan fingerprint density at radius 3 is 2.89 bits per heavy atom. The Balaban J connectivity index is 1.32. The van der Waals surface area contributed by atoms with Gasteiger partial charge < -0.3 is 4.74 Å². The molecule has 0 bridgehead atoms. The van der Waals surface area contributed by atoms with Gasteiger partial charge in [-0.25, -0.2) is 0 Å². The Bertz CT molecular complexity index is 785. The van der Waals surface area contributed by atoms with E-state index in [0.717, 1.165) is 67.3 Å². The van der Waals surface area contributed by atoms with Crippen molar-refractivity contribution in [1.82, 2.24) is 0 Å². The van der Waals surface area contributed by atoms with Gasteiger partial charge in [-0.15, -0.1) is 0 Å². The second kappa shape index (κ2) is 4.96. The Morgan fingerprint density at radius 2 is 2.11 bits per heavy atom. The van der Waals surface area contributed by atoms with Crippen LogP contribution in [0, 0.1) is 51.7 Å². The first-order valence-corrected chi connectivity index (χ1v) is 11.6. The van der Waals surface area contributed by atoms with E-state index in [1.165, 1.54) is 32.1 Å². The van der Waals surface area contributed by atoms with Crippen molar-refractivity contribution in [3.8, 4) is 0 Å². The molecule has 4 saturated carbocycles. The number of fused-ring (bicyclic) bond motifs is 11. The molecule has 27 heavy (non-hydrogen) atoms. The van der Waals surface area contributed by atoms with Gasteiger partial charge in [-0.3, -0.25) is 0 Å². The lowest BCUT2D eigenvalue weighted by Crippen LogP contribution is -2.55. The minimum Gasteiger partial charge on any atom is -0.366 e. The SMILES string of the molecule is CC[C@]12CCC3C4=C(CC(N=O)CC4)C4CC4C3C1C1CC1[C@@]21C=CCO1. The van der Waals surface area contributed by atoms with Crippen LogP contribution in [0.25, 0.3) is 0 Å². The van der Waals surface area contributed by atoms with Gasteiger partial charge in [0.1, 0.15) is 0 Å². The summed E-state index contributed by atoms with van der Waals surface area (Å²) in [6.45, 7) is 3.29. The van der Waals surface area contributed by atoms with E-state index >= 15 is 0 Å². The van der Waals surface area contributed by atoms with Gasteiger partial charge in [0, 0.05) is 5.41 Å². The first-order valence-electron chi connectivity index (χ1n) is 11.6. The van der Waals surface area contributed by atoms with Crippen LogP contribution in [0.1, 0.15) is 58.3 Å². The summed E-state index contributed by atoms with van der Waals surface area (Å²) in [7, 11) is 0. The number of nitrogens with zero attached hydrogens (tertiary/aromatic N) is 1. The lowest BCUT2D eigenvalue weighted by Gasteiger charge is -2.57. The normalized spacial score (nSPS) is 59.0. The molecule has 6 aliphatic carbocycles. The number of hydrogen-bond donors (Lipinski definition) is 0. The zero-order valence-corrected chi connectivity index (χ0v) is 16.4. The van der Waals surface area contributed by atoms with Gasteiger partial charge in [0.15, 0.2) is 0 Å². The maximum Gasteiger partial charge on any atom is 0.0959 e. The van der Waals surface area contributed by atoms with Crippen molar-refractivity contribution in [3.63, 3.8) is 0 Å². The van der Waals surface area contributed by atoms with Crippen LogP contribution in [0.5, 0.6) is 0 Å². The maximum atomic E-state index is 11.2. The van der Waals surface area contributed by atoms with Gasteiger partial charge in [0.2, 0.25) is 0 Å². The van der Waals surface area contributed by atoms with E-state index in [1.54, 1.807) is 5.57 Å². The molecule has 8 unspecified atom stereocenters. The molecule has 7 rings (SSSR count). The van der Waals surface area contributed by atoms with Crippen molar-refractivity contribution in [1.29, 1.82) is 0 Å². The number of nitroso groups, excluding NO2 is 1. The highest BCUT2D eigenvalue weighted by Crippen LogP contribution is 2.80. The average molecular weight is 366 g/mol. The average Bonchev–Trinajstić information content (AvgIpc) is 3.62. The topological polar surface area (TPSA) is 38.7 Å². The molecular weight excluding hydrogens is 334 g/mol. The molecule has 0 saturated heterocycles. The molecule has 1 spiro atoms. The fourth-order valence-corrected chi connectivity index (χ4v) is 9.59. The fourth-order valence-electron chi connectivity index (χ4n) is 9.59. The third-order valence-corrected chi connectivity index (χ3v) is 10.5. The summed E-state index contributed by atoms with van der Waals surface area (Å²) >= 11 is 0. The molecule has 4 fully saturated rings. The standard InChI is InChI=1S/C24H31NO2/c1-2-23-8-6-15-14-5-4-13(25-26)10-16(14)17-11-18(17)21(15)22(23)19-12-20(19)24(23)7-3-9-27-24/h3,7,13,15,17-22H,2,4-6,8-12H2,1H3/t13?,15?,17?,18?,19?,20?,21?,22?,23-,24-/m0/s1. The van der Waals surface area contributed by atoms with E-state index < -0.39 is 0 Å². The van der Waals surface area contributed by atoms with Crippen LogP contribution in [-0.4, -0.2) is 18.2 Å². The first kappa shape index (κ1) is 15.9. The zero-order valence-electron chi connectivity index (χ0n) is 16.4. The first-order chi connectivity index (χ1) is 13.2. The molecule has 0 N–H and O–H groups in total.